The first kappa shape index (κ1) is 24.5. The van der Waals surface area contributed by atoms with E-state index in [0.717, 1.165) is 25.0 Å². The molecule has 5 nitrogen and oxygen atoms in total. The number of rotatable bonds is 13. The molecule has 0 amide bonds. The maximum absolute atomic E-state index is 10.5. The summed E-state index contributed by atoms with van der Waals surface area (Å²) in [6.07, 6.45) is 9.31. The Kier molecular flexibility index (Phi) is 18.8. The summed E-state index contributed by atoms with van der Waals surface area (Å²) in [4.78, 5) is 20.6. The van der Waals surface area contributed by atoms with Gasteiger partial charge in [0.1, 0.15) is 6.04 Å². The van der Waals surface area contributed by atoms with E-state index < -0.39 is 18.0 Å². The summed E-state index contributed by atoms with van der Waals surface area (Å²) in [5, 5.41) is 17.0. The van der Waals surface area contributed by atoms with E-state index >= 15 is 0 Å². The van der Waals surface area contributed by atoms with Gasteiger partial charge in [0, 0.05) is 5.75 Å². The molecule has 0 bridgehead atoms. The van der Waals surface area contributed by atoms with Gasteiger partial charge in [0.25, 0.3) is 0 Å². The van der Waals surface area contributed by atoms with Crippen LogP contribution in [0.25, 0.3) is 0 Å². The maximum atomic E-state index is 10.5. The number of carbonyl (C=O) groups is 2. The number of hydrogen-bond acceptors (Lipinski definition) is 4. The van der Waals surface area contributed by atoms with Gasteiger partial charge in [-0.2, -0.15) is 11.8 Å². The molecule has 0 aromatic carbocycles. The van der Waals surface area contributed by atoms with Crippen molar-refractivity contribution in [2.24, 2.45) is 11.7 Å². The van der Waals surface area contributed by atoms with Crippen molar-refractivity contribution in [3.63, 3.8) is 0 Å². The zero-order chi connectivity index (χ0) is 18.1. The number of unbranched alkanes of at least 4 members (excludes halogenated alkanes) is 5. The fourth-order valence-corrected chi connectivity index (χ4v) is 2.63. The minimum absolute atomic E-state index is 0.161. The Morgan fingerprint density at radius 2 is 1.52 bits per heavy atom. The number of carboxylic acid groups (broad SMARTS) is 2. The van der Waals surface area contributed by atoms with E-state index in [1.807, 2.05) is 0 Å². The van der Waals surface area contributed by atoms with Crippen molar-refractivity contribution in [2.75, 3.05) is 11.5 Å². The van der Waals surface area contributed by atoms with E-state index in [4.69, 9.17) is 15.9 Å². The molecule has 0 heterocycles. The highest BCUT2D eigenvalue weighted by Gasteiger charge is 2.10. The van der Waals surface area contributed by atoms with Gasteiger partial charge in [-0.05, 0) is 18.6 Å². The van der Waals surface area contributed by atoms with Crippen LogP contribution in [0, 0.1) is 5.92 Å². The molecule has 0 saturated carbocycles. The topological polar surface area (TPSA) is 101 Å². The molecule has 23 heavy (non-hydrogen) atoms. The smallest absolute Gasteiger partial charge is 0.321 e. The zero-order valence-corrected chi connectivity index (χ0v) is 15.7. The summed E-state index contributed by atoms with van der Waals surface area (Å²) >= 11 is 1.58. The largest absolute Gasteiger partial charge is 0.481 e. The van der Waals surface area contributed by atoms with Crippen LogP contribution in [0.5, 0.6) is 0 Å². The quantitative estimate of drug-likeness (QED) is 0.434. The van der Waals surface area contributed by atoms with E-state index in [2.05, 4.69) is 13.8 Å². The highest BCUT2D eigenvalue weighted by Crippen LogP contribution is 2.11. The summed E-state index contributed by atoms with van der Waals surface area (Å²) < 4.78 is 0. The fourth-order valence-electron chi connectivity index (χ4n) is 1.78. The van der Waals surface area contributed by atoms with Crippen molar-refractivity contribution in [1.29, 1.82) is 0 Å². The second kappa shape index (κ2) is 17.6. The van der Waals surface area contributed by atoms with Gasteiger partial charge in [-0.1, -0.05) is 59.3 Å². The minimum atomic E-state index is -0.913. The first-order valence-corrected chi connectivity index (χ1v) is 9.81. The van der Waals surface area contributed by atoms with E-state index in [1.165, 1.54) is 32.1 Å². The molecule has 0 rings (SSSR count). The van der Waals surface area contributed by atoms with Crippen LogP contribution in [0.15, 0.2) is 0 Å². The second-order valence-corrected chi connectivity index (χ2v) is 6.97. The first-order chi connectivity index (χ1) is 10.9. The molecule has 0 aliphatic rings. The molecule has 0 aromatic heterocycles. The van der Waals surface area contributed by atoms with E-state index in [0.29, 0.717) is 5.75 Å². The molecule has 0 spiro atoms. The highest BCUT2D eigenvalue weighted by atomic mass is 32.2. The van der Waals surface area contributed by atoms with Crippen molar-refractivity contribution >= 4 is 23.7 Å². The average Bonchev–Trinajstić information content (AvgIpc) is 2.51. The Balaban J connectivity index is 0. The van der Waals surface area contributed by atoms with Gasteiger partial charge in [-0.3, -0.25) is 9.59 Å². The molecule has 0 aliphatic carbocycles. The fraction of sp³-hybridized carbons (Fsp3) is 0.882. The van der Waals surface area contributed by atoms with Crippen LogP contribution in [-0.4, -0.2) is 39.7 Å². The highest BCUT2D eigenvalue weighted by molar-refractivity contribution is 7.99. The Bertz CT molecular complexity index is 300. The van der Waals surface area contributed by atoms with Gasteiger partial charge in [-0.25, -0.2) is 0 Å². The summed E-state index contributed by atoms with van der Waals surface area (Å²) in [5.74, 6) is -0.229. The number of nitrogens with two attached hydrogens (primary N) is 1. The lowest BCUT2D eigenvalue weighted by Crippen LogP contribution is -2.32. The van der Waals surface area contributed by atoms with Crippen molar-refractivity contribution in [3.05, 3.63) is 0 Å². The SMILES string of the molecule is CCCCCCCCC(C)C(=O)O.CCCSCC(N)C(=O)O. The van der Waals surface area contributed by atoms with Crippen LogP contribution in [0.2, 0.25) is 0 Å². The van der Waals surface area contributed by atoms with Crippen LogP contribution in [0.4, 0.5) is 0 Å². The normalized spacial score (nSPS) is 12.9. The van der Waals surface area contributed by atoms with E-state index in [-0.39, 0.29) is 5.92 Å². The lowest BCUT2D eigenvalue weighted by molar-refractivity contribution is -0.141. The Morgan fingerprint density at radius 3 is 2.00 bits per heavy atom. The third-order valence-corrected chi connectivity index (χ3v) is 4.67. The molecular weight excluding hydrogens is 314 g/mol. The number of aliphatic carboxylic acids is 2. The van der Waals surface area contributed by atoms with Gasteiger partial charge in [0.15, 0.2) is 0 Å². The molecule has 138 valence electrons. The van der Waals surface area contributed by atoms with Gasteiger partial charge in [-0.15, -0.1) is 0 Å². The second-order valence-electron chi connectivity index (χ2n) is 5.82. The first-order valence-electron chi connectivity index (χ1n) is 8.65. The van der Waals surface area contributed by atoms with Gasteiger partial charge >= 0.3 is 11.9 Å². The molecule has 2 unspecified atom stereocenters. The predicted molar refractivity (Wildman–Crippen MR) is 98.0 cm³/mol. The molecule has 0 saturated heterocycles. The molecule has 4 N–H and O–H groups in total. The Hall–Kier alpha value is -0.750. The van der Waals surface area contributed by atoms with Crippen molar-refractivity contribution in [1.82, 2.24) is 0 Å². The summed E-state index contributed by atoms with van der Waals surface area (Å²) in [7, 11) is 0. The number of hydrogen-bond donors (Lipinski definition) is 3. The van der Waals surface area contributed by atoms with Crippen LogP contribution < -0.4 is 5.73 Å². The minimum Gasteiger partial charge on any atom is -0.481 e. The zero-order valence-electron chi connectivity index (χ0n) is 14.9. The Morgan fingerprint density at radius 1 is 0.957 bits per heavy atom. The summed E-state index contributed by atoms with van der Waals surface area (Å²) in [6.45, 7) is 6.04. The average molecular weight is 350 g/mol. The Labute approximate surface area is 145 Å². The lowest BCUT2D eigenvalue weighted by Gasteiger charge is -2.04. The van der Waals surface area contributed by atoms with Crippen LogP contribution in [0.3, 0.4) is 0 Å². The summed E-state index contributed by atoms with van der Waals surface area (Å²) in [6, 6.07) is -0.698. The van der Waals surface area contributed by atoms with Gasteiger partial charge in [0.05, 0.1) is 5.92 Å². The van der Waals surface area contributed by atoms with Gasteiger partial charge < -0.3 is 15.9 Å². The monoisotopic (exact) mass is 349 g/mol. The molecule has 0 radical (unpaired) electrons. The molecule has 6 heteroatoms. The maximum Gasteiger partial charge on any atom is 0.321 e. The van der Waals surface area contributed by atoms with Crippen LogP contribution >= 0.6 is 11.8 Å². The van der Waals surface area contributed by atoms with E-state index in [9.17, 15) is 9.59 Å². The third kappa shape index (κ3) is 19.2. The van der Waals surface area contributed by atoms with Crippen LogP contribution in [0.1, 0.15) is 72.1 Å². The summed E-state index contributed by atoms with van der Waals surface area (Å²) in [5.41, 5.74) is 5.24. The molecule has 0 fully saturated rings. The van der Waals surface area contributed by atoms with Crippen molar-refractivity contribution in [2.45, 2.75) is 78.2 Å². The molecule has 2 atom stereocenters. The third-order valence-electron chi connectivity index (χ3n) is 3.38. The van der Waals surface area contributed by atoms with E-state index in [1.54, 1.807) is 18.7 Å². The molecular formula is C17H35NO4S. The standard InChI is InChI=1S/C11H22O2.C6H13NO2S/c1-3-4-5-6-7-8-9-10(2)11(12)13;1-2-3-10-4-5(7)6(8)9/h10H,3-9H2,1-2H3,(H,12,13);5H,2-4,7H2,1H3,(H,8,9). The molecule has 0 aromatic rings. The van der Waals surface area contributed by atoms with Crippen molar-refractivity contribution in [3.8, 4) is 0 Å². The lowest BCUT2D eigenvalue weighted by atomic mass is 10.0. The number of thioether (sulfide) groups is 1. The predicted octanol–water partition coefficient (Wildman–Crippen LogP) is 4.00. The van der Waals surface area contributed by atoms with Crippen molar-refractivity contribution < 1.29 is 19.8 Å². The van der Waals surface area contributed by atoms with Gasteiger partial charge in [0.2, 0.25) is 0 Å². The number of carboxylic acids is 2. The molecule has 0 aliphatic heterocycles. The van der Waals surface area contributed by atoms with Crippen LogP contribution in [-0.2, 0) is 9.59 Å².